The highest BCUT2D eigenvalue weighted by Crippen LogP contribution is 2.25. The van der Waals surface area contributed by atoms with E-state index in [1.807, 2.05) is 24.3 Å². The number of Topliss-reactive ketones (excluding diaryl/α,β-unsaturated/α-hetero) is 1. The van der Waals surface area contributed by atoms with Crippen LogP contribution < -0.4 is 5.32 Å². The number of likely N-dealkylation sites (tertiary alicyclic amines) is 1. The summed E-state index contributed by atoms with van der Waals surface area (Å²) in [5, 5.41) is 12.2. The summed E-state index contributed by atoms with van der Waals surface area (Å²) in [7, 11) is 0. The number of anilines is 1. The summed E-state index contributed by atoms with van der Waals surface area (Å²) in [6, 6.07) is 13.6. The van der Waals surface area contributed by atoms with Crippen molar-refractivity contribution in [2.45, 2.75) is 12.8 Å². The minimum Gasteiger partial charge on any atom is -0.508 e. The van der Waals surface area contributed by atoms with Gasteiger partial charge in [-0.25, -0.2) is 4.79 Å². The minimum absolute atomic E-state index is 0.0749. The van der Waals surface area contributed by atoms with Crippen LogP contribution in [-0.4, -0.2) is 34.9 Å². The van der Waals surface area contributed by atoms with E-state index in [0.717, 1.165) is 10.2 Å². The van der Waals surface area contributed by atoms with Crippen molar-refractivity contribution in [1.82, 2.24) is 4.90 Å². The SMILES string of the molecule is O=C(c1ccc(O)cc1)C1CCN(C(=O)Nc2ccccc2Br)CC1. The van der Waals surface area contributed by atoms with Gasteiger partial charge >= 0.3 is 6.03 Å². The van der Waals surface area contributed by atoms with Crippen molar-refractivity contribution in [2.24, 2.45) is 5.92 Å². The largest absolute Gasteiger partial charge is 0.508 e. The van der Waals surface area contributed by atoms with Crippen molar-refractivity contribution in [2.75, 3.05) is 18.4 Å². The van der Waals surface area contributed by atoms with E-state index in [-0.39, 0.29) is 23.5 Å². The summed E-state index contributed by atoms with van der Waals surface area (Å²) in [5.41, 5.74) is 1.34. The van der Waals surface area contributed by atoms with Gasteiger partial charge in [0.15, 0.2) is 5.78 Å². The molecule has 0 bridgehead atoms. The average molecular weight is 403 g/mol. The molecule has 5 nitrogen and oxygen atoms in total. The Labute approximate surface area is 154 Å². The molecule has 1 saturated heterocycles. The molecule has 2 aromatic carbocycles. The zero-order valence-corrected chi connectivity index (χ0v) is 15.2. The number of urea groups is 1. The van der Waals surface area contributed by atoms with Gasteiger partial charge in [-0.05, 0) is 65.2 Å². The first-order valence-electron chi connectivity index (χ1n) is 8.18. The quantitative estimate of drug-likeness (QED) is 0.752. The Bertz CT molecular complexity index is 768. The molecule has 0 saturated carbocycles. The number of amides is 2. The van der Waals surface area contributed by atoms with E-state index in [1.54, 1.807) is 17.0 Å². The number of hydrogen-bond acceptors (Lipinski definition) is 3. The number of phenols is 1. The van der Waals surface area contributed by atoms with Gasteiger partial charge in [0.05, 0.1) is 5.69 Å². The number of ketones is 1. The summed E-state index contributed by atoms with van der Waals surface area (Å²) in [6.07, 6.45) is 1.28. The molecule has 0 radical (unpaired) electrons. The van der Waals surface area contributed by atoms with Crippen molar-refractivity contribution in [3.63, 3.8) is 0 Å². The van der Waals surface area contributed by atoms with E-state index < -0.39 is 0 Å². The summed E-state index contributed by atoms with van der Waals surface area (Å²) in [4.78, 5) is 26.6. The Morgan fingerprint density at radius 1 is 1.04 bits per heavy atom. The molecule has 2 aromatic rings. The monoisotopic (exact) mass is 402 g/mol. The van der Waals surface area contributed by atoms with Gasteiger partial charge in [-0.2, -0.15) is 0 Å². The molecule has 1 heterocycles. The van der Waals surface area contributed by atoms with E-state index in [2.05, 4.69) is 21.2 Å². The van der Waals surface area contributed by atoms with Gasteiger partial charge in [-0.15, -0.1) is 0 Å². The summed E-state index contributed by atoms with van der Waals surface area (Å²) in [5.74, 6) is 0.137. The number of nitrogens with zero attached hydrogens (tertiary/aromatic N) is 1. The van der Waals surface area contributed by atoms with E-state index in [4.69, 9.17) is 0 Å². The van der Waals surface area contributed by atoms with Crippen LogP contribution >= 0.6 is 15.9 Å². The molecule has 2 N–H and O–H groups in total. The molecule has 130 valence electrons. The predicted molar refractivity (Wildman–Crippen MR) is 99.9 cm³/mol. The Balaban J connectivity index is 1.56. The lowest BCUT2D eigenvalue weighted by molar-refractivity contribution is 0.0859. The number of benzene rings is 2. The third-order valence-corrected chi connectivity index (χ3v) is 5.11. The third kappa shape index (κ3) is 4.20. The van der Waals surface area contributed by atoms with Crippen molar-refractivity contribution in [3.05, 3.63) is 58.6 Å². The van der Waals surface area contributed by atoms with Crippen molar-refractivity contribution < 1.29 is 14.7 Å². The van der Waals surface area contributed by atoms with Crippen LogP contribution in [0.4, 0.5) is 10.5 Å². The van der Waals surface area contributed by atoms with Gasteiger partial charge in [0, 0.05) is 29.0 Å². The van der Waals surface area contributed by atoms with Crippen molar-refractivity contribution >= 4 is 33.4 Å². The molecule has 0 aromatic heterocycles. The number of rotatable bonds is 3. The lowest BCUT2D eigenvalue weighted by Crippen LogP contribution is -2.42. The molecule has 0 aliphatic carbocycles. The molecule has 2 amide bonds. The highest BCUT2D eigenvalue weighted by Gasteiger charge is 2.28. The van der Waals surface area contributed by atoms with Gasteiger partial charge in [-0.1, -0.05) is 12.1 Å². The van der Waals surface area contributed by atoms with E-state index in [0.29, 0.717) is 31.5 Å². The molecule has 1 aliphatic rings. The lowest BCUT2D eigenvalue weighted by Gasteiger charge is -2.31. The predicted octanol–water partition coefficient (Wildman–Crippen LogP) is 4.28. The fourth-order valence-corrected chi connectivity index (χ4v) is 3.35. The normalized spacial score (nSPS) is 15.0. The highest BCUT2D eigenvalue weighted by atomic mass is 79.9. The fraction of sp³-hybridized carbons (Fsp3) is 0.263. The van der Waals surface area contributed by atoms with E-state index in [9.17, 15) is 14.7 Å². The molecule has 1 aliphatic heterocycles. The molecule has 0 atom stereocenters. The summed E-state index contributed by atoms with van der Waals surface area (Å²) < 4.78 is 0.834. The second-order valence-electron chi connectivity index (χ2n) is 6.08. The van der Waals surface area contributed by atoms with Crippen LogP contribution in [0.3, 0.4) is 0 Å². The third-order valence-electron chi connectivity index (χ3n) is 4.42. The summed E-state index contributed by atoms with van der Waals surface area (Å²) in [6.45, 7) is 1.09. The topological polar surface area (TPSA) is 69.6 Å². The first-order valence-corrected chi connectivity index (χ1v) is 8.97. The Hall–Kier alpha value is -2.34. The Morgan fingerprint density at radius 3 is 2.32 bits per heavy atom. The number of carbonyl (C=O) groups excluding carboxylic acids is 2. The van der Waals surface area contributed by atoms with Gasteiger partial charge in [0.2, 0.25) is 0 Å². The zero-order valence-electron chi connectivity index (χ0n) is 13.6. The standard InChI is InChI=1S/C19H19BrN2O3/c20-16-3-1-2-4-17(16)21-19(25)22-11-9-14(10-12-22)18(24)13-5-7-15(23)8-6-13/h1-8,14,23H,9-12H2,(H,21,25). The van der Waals surface area contributed by atoms with Crippen LogP contribution in [0.5, 0.6) is 5.75 Å². The van der Waals surface area contributed by atoms with Crippen LogP contribution in [0.25, 0.3) is 0 Å². The van der Waals surface area contributed by atoms with Crippen molar-refractivity contribution in [1.29, 1.82) is 0 Å². The highest BCUT2D eigenvalue weighted by molar-refractivity contribution is 9.10. The number of nitrogens with one attached hydrogen (secondary N) is 1. The first kappa shape index (κ1) is 17.5. The van der Waals surface area contributed by atoms with Gasteiger partial charge in [-0.3, -0.25) is 4.79 Å². The number of phenolic OH excluding ortho intramolecular Hbond substituents is 1. The number of halogens is 1. The maximum absolute atomic E-state index is 12.5. The zero-order chi connectivity index (χ0) is 17.8. The Morgan fingerprint density at radius 2 is 1.68 bits per heavy atom. The van der Waals surface area contributed by atoms with E-state index in [1.165, 1.54) is 12.1 Å². The number of carbonyl (C=O) groups is 2. The average Bonchev–Trinajstić information content (AvgIpc) is 2.64. The maximum Gasteiger partial charge on any atom is 0.321 e. The van der Waals surface area contributed by atoms with Gasteiger partial charge < -0.3 is 15.3 Å². The van der Waals surface area contributed by atoms with Crippen LogP contribution in [0, 0.1) is 5.92 Å². The van der Waals surface area contributed by atoms with Gasteiger partial charge in [0.1, 0.15) is 5.75 Å². The van der Waals surface area contributed by atoms with Crippen LogP contribution in [0.1, 0.15) is 23.2 Å². The second kappa shape index (κ2) is 7.70. The number of hydrogen-bond donors (Lipinski definition) is 2. The maximum atomic E-state index is 12.5. The first-order chi connectivity index (χ1) is 12.0. The smallest absolute Gasteiger partial charge is 0.321 e. The number of piperidine rings is 1. The van der Waals surface area contributed by atoms with Crippen LogP contribution in [0.15, 0.2) is 53.0 Å². The molecular weight excluding hydrogens is 384 g/mol. The molecule has 0 unspecified atom stereocenters. The van der Waals surface area contributed by atoms with Gasteiger partial charge in [0.25, 0.3) is 0 Å². The van der Waals surface area contributed by atoms with Crippen molar-refractivity contribution in [3.8, 4) is 5.75 Å². The van der Waals surface area contributed by atoms with E-state index >= 15 is 0 Å². The van der Waals surface area contributed by atoms with Crippen LogP contribution in [0.2, 0.25) is 0 Å². The summed E-state index contributed by atoms with van der Waals surface area (Å²) >= 11 is 3.41. The Kier molecular flexibility index (Phi) is 5.38. The molecule has 3 rings (SSSR count). The fourth-order valence-electron chi connectivity index (χ4n) is 2.96. The molecule has 0 spiro atoms. The molecule has 1 fully saturated rings. The molecule has 6 heteroatoms. The number of aromatic hydroxyl groups is 1. The molecular formula is C19H19BrN2O3. The minimum atomic E-state index is -0.151. The number of para-hydroxylation sites is 1. The second-order valence-corrected chi connectivity index (χ2v) is 6.94. The molecule has 25 heavy (non-hydrogen) atoms. The van der Waals surface area contributed by atoms with Crippen LogP contribution in [-0.2, 0) is 0 Å². The lowest BCUT2D eigenvalue weighted by atomic mass is 9.89.